The van der Waals surface area contributed by atoms with Crippen molar-refractivity contribution in [1.82, 2.24) is 10.4 Å². The number of thiophene rings is 1. The summed E-state index contributed by atoms with van der Waals surface area (Å²) in [4.78, 5) is 82.4. The molecular weight excluding hydrogens is 686 g/mol. The van der Waals surface area contributed by atoms with Gasteiger partial charge in [0.25, 0.3) is 11.5 Å². The summed E-state index contributed by atoms with van der Waals surface area (Å²) in [6, 6.07) is 6.33. The summed E-state index contributed by atoms with van der Waals surface area (Å²) in [7, 11) is 1.12. The summed E-state index contributed by atoms with van der Waals surface area (Å²) >= 11 is 4.48. The molecule has 3 aliphatic rings. The van der Waals surface area contributed by atoms with Gasteiger partial charge in [-0.2, -0.15) is 5.10 Å². The minimum Gasteiger partial charge on any atom is -0.507 e. The molecule has 0 saturated heterocycles. The second kappa shape index (κ2) is 10.1. The van der Waals surface area contributed by atoms with Crippen molar-refractivity contribution < 1.29 is 44.0 Å². The third kappa shape index (κ3) is 3.81. The molecule has 46 heavy (non-hydrogen) atoms. The molecule has 0 radical (unpaired) electrons. The van der Waals surface area contributed by atoms with E-state index in [2.05, 4.69) is 31.4 Å². The number of aromatic nitrogens is 1. The largest absolute Gasteiger partial charge is 0.507 e. The molecule has 1 amide bonds. The molecule has 0 fully saturated rings. The molecule has 1 atom stereocenters. The fourth-order valence-corrected chi connectivity index (χ4v) is 7.76. The van der Waals surface area contributed by atoms with Gasteiger partial charge in [-0.1, -0.05) is 6.07 Å². The first-order valence-electron chi connectivity index (χ1n) is 13.5. The van der Waals surface area contributed by atoms with Gasteiger partial charge in [0, 0.05) is 11.6 Å². The number of benzene rings is 2. The second-order valence-electron chi connectivity index (χ2n) is 10.7. The van der Waals surface area contributed by atoms with Crippen LogP contribution in [0.25, 0.3) is 10.8 Å². The molecule has 13 nitrogen and oxygen atoms in total. The van der Waals surface area contributed by atoms with Crippen molar-refractivity contribution in [2.75, 3.05) is 7.11 Å². The van der Waals surface area contributed by atoms with Crippen LogP contribution in [0.15, 0.2) is 49.8 Å². The van der Waals surface area contributed by atoms with Gasteiger partial charge in [-0.25, -0.2) is 5.43 Å². The maximum absolute atomic E-state index is 14.1. The maximum Gasteiger partial charge on any atom is 0.281 e. The van der Waals surface area contributed by atoms with E-state index in [0.29, 0.717) is 10.4 Å². The zero-order valence-electron chi connectivity index (χ0n) is 23.3. The lowest BCUT2D eigenvalue weighted by Gasteiger charge is -2.22. The molecule has 3 aliphatic carbocycles. The molecular formula is C31H18BrN3O10S. The second-order valence-corrected chi connectivity index (χ2v) is 13.2. The highest BCUT2D eigenvalue weighted by molar-refractivity contribution is 9.11. The third-order valence-electron chi connectivity index (χ3n) is 8.43. The van der Waals surface area contributed by atoms with E-state index in [-0.39, 0.29) is 34.9 Å². The molecule has 0 unspecified atom stereocenters. The lowest BCUT2D eigenvalue weighted by Crippen LogP contribution is -2.36. The molecule has 2 aromatic carbocycles. The Morgan fingerprint density at radius 1 is 1.02 bits per heavy atom. The van der Waals surface area contributed by atoms with Crippen LogP contribution < -0.4 is 11.0 Å². The average molecular weight is 704 g/mol. The van der Waals surface area contributed by atoms with Crippen molar-refractivity contribution >= 4 is 73.3 Å². The average Bonchev–Trinajstić information content (AvgIpc) is 3.68. The number of nitrogens with one attached hydrogen (secondary N) is 2. The molecule has 2 aromatic heterocycles. The predicted molar refractivity (Wildman–Crippen MR) is 165 cm³/mol. The van der Waals surface area contributed by atoms with Crippen molar-refractivity contribution in [2.24, 2.45) is 5.10 Å². The molecule has 0 aliphatic heterocycles. The minimum atomic E-state index is -2.15. The van der Waals surface area contributed by atoms with E-state index >= 15 is 0 Å². The van der Waals surface area contributed by atoms with Crippen molar-refractivity contribution in [1.29, 1.82) is 0 Å². The highest BCUT2D eigenvalue weighted by Gasteiger charge is 2.61. The SMILES string of the molecule is COC1=CC(=O)c2c(O)c3c(c(O)c2C1=O)C(=O)[C@]1(CCc2cc4cc(/C=N/NC(=O)c5ccc(Br)s5)[nH]c(=O)c4c(O)c21)C3=O. The van der Waals surface area contributed by atoms with Crippen molar-refractivity contribution in [3.05, 3.63) is 94.2 Å². The topological polar surface area (TPSA) is 213 Å². The quantitative estimate of drug-likeness (QED) is 0.0904. The number of fused-ring (bicyclic) bond motifs is 5. The van der Waals surface area contributed by atoms with Crippen molar-refractivity contribution in [3.8, 4) is 17.2 Å². The van der Waals surface area contributed by atoms with Crippen molar-refractivity contribution in [2.45, 2.75) is 18.3 Å². The number of phenolic OH excluding ortho intramolecular Hbond substituents is 3. The Morgan fingerprint density at radius 2 is 1.72 bits per heavy atom. The third-order valence-corrected chi connectivity index (χ3v) is 10.1. The van der Waals surface area contributed by atoms with Gasteiger partial charge in [-0.15, -0.1) is 11.3 Å². The van der Waals surface area contributed by atoms with Gasteiger partial charge in [0.15, 0.2) is 23.1 Å². The number of H-pyrrole nitrogens is 1. The molecule has 4 aromatic rings. The number of ether oxygens (including phenoxy) is 1. The van der Waals surface area contributed by atoms with E-state index in [1.165, 1.54) is 29.7 Å². The van der Waals surface area contributed by atoms with E-state index < -0.39 is 85.3 Å². The van der Waals surface area contributed by atoms with Gasteiger partial charge in [-0.05, 0) is 57.9 Å². The number of methoxy groups -OCH3 is 1. The highest BCUT2D eigenvalue weighted by atomic mass is 79.9. The maximum atomic E-state index is 14.1. The number of hydrazone groups is 1. The Morgan fingerprint density at radius 3 is 2.37 bits per heavy atom. The molecule has 15 heteroatoms. The van der Waals surface area contributed by atoms with E-state index in [9.17, 15) is 44.1 Å². The number of nitrogens with zero attached hydrogens (tertiary/aromatic N) is 1. The summed E-state index contributed by atoms with van der Waals surface area (Å²) in [6.45, 7) is 0. The number of hydrogen-bond acceptors (Lipinski definition) is 12. The number of hydrogen-bond donors (Lipinski definition) is 5. The summed E-state index contributed by atoms with van der Waals surface area (Å²) in [5, 5.41) is 37.6. The molecule has 2 heterocycles. The first-order chi connectivity index (χ1) is 21.9. The number of rotatable bonds is 4. The van der Waals surface area contributed by atoms with Crippen LogP contribution in [-0.4, -0.2) is 62.7 Å². The van der Waals surface area contributed by atoms with Crippen molar-refractivity contribution in [3.63, 3.8) is 0 Å². The van der Waals surface area contributed by atoms with Crippen LogP contribution in [0.2, 0.25) is 0 Å². The van der Waals surface area contributed by atoms with Crippen LogP contribution in [0, 0.1) is 0 Å². The number of Topliss-reactive ketones (excluding diaryl/α,β-unsaturated/α-hetero) is 3. The number of pyridine rings is 1. The van der Waals surface area contributed by atoms with Gasteiger partial charge in [0.2, 0.25) is 5.78 Å². The number of amides is 1. The fraction of sp³-hybridized carbons (Fsp3) is 0.129. The number of halogens is 1. The van der Waals surface area contributed by atoms with Crippen LogP contribution in [-0.2, 0) is 16.6 Å². The Kier molecular flexibility index (Phi) is 6.40. The molecule has 230 valence electrons. The Bertz CT molecular complexity index is 2300. The molecule has 0 saturated carbocycles. The number of carbonyl (C=O) groups excluding carboxylic acids is 5. The Balaban J connectivity index is 1.32. The fourth-order valence-electron chi connectivity index (χ4n) is 6.48. The highest BCUT2D eigenvalue weighted by Crippen LogP contribution is 2.57. The zero-order valence-corrected chi connectivity index (χ0v) is 25.7. The van der Waals surface area contributed by atoms with E-state index in [1.54, 1.807) is 12.1 Å². The molecule has 0 bridgehead atoms. The molecule has 7 rings (SSSR count). The monoisotopic (exact) mass is 703 g/mol. The Hall–Kier alpha value is -5.41. The summed E-state index contributed by atoms with van der Waals surface area (Å²) in [6.07, 6.45) is 1.90. The number of aromatic amines is 1. The van der Waals surface area contributed by atoms with Crippen LogP contribution in [0.5, 0.6) is 17.2 Å². The van der Waals surface area contributed by atoms with E-state index in [0.717, 1.165) is 17.0 Å². The molecule has 1 spiro atoms. The summed E-state index contributed by atoms with van der Waals surface area (Å²) < 4.78 is 5.67. The van der Waals surface area contributed by atoms with Gasteiger partial charge < -0.3 is 25.0 Å². The first kappa shape index (κ1) is 29.3. The first-order valence-corrected chi connectivity index (χ1v) is 15.1. The van der Waals surface area contributed by atoms with Gasteiger partial charge in [0.1, 0.15) is 22.7 Å². The standard InChI is InChI=1S/C31H18BrN3O10S/c1-45-14-8-13(36)18-19(23(14)37)25(39)21-20(24(18)38)27(41)31(28(21)42)5-4-10-6-11-7-12(34-30(44)17(11)26(40)22(10)31)9-33-35-29(43)15-2-3-16(32)46-15/h2-3,6-9,38-40H,4-5H2,1H3,(H,34,44)(H,35,43)/b33-9+/t31-/m0/s1. The Labute approximate surface area is 269 Å². The van der Waals surface area contributed by atoms with E-state index in [4.69, 9.17) is 4.74 Å². The van der Waals surface area contributed by atoms with Crippen LogP contribution in [0.1, 0.15) is 74.3 Å². The number of allylic oxidation sites excluding steroid dienone is 2. The van der Waals surface area contributed by atoms with Gasteiger partial charge >= 0.3 is 0 Å². The van der Waals surface area contributed by atoms with Gasteiger partial charge in [0.05, 0.1) is 55.3 Å². The molecule has 5 N–H and O–H groups in total. The predicted octanol–water partition coefficient (Wildman–Crippen LogP) is 3.41. The lowest BCUT2D eigenvalue weighted by molar-refractivity contribution is 0.0790. The van der Waals surface area contributed by atoms with Crippen LogP contribution >= 0.6 is 27.3 Å². The number of ketones is 4. The number of phenols is 3. The van der Waals surface area contributed by atoms with Gasteiger partial charge in [-0.3, -0.25) is 28.8 Å². The summed E-state index contributed by atoms with van der Waals surface area (Å²) in [5.74, 6) is -7.36. The minimum absolute atomic E-state index is 0.0848. The number of aromatic hydroxyl groups is 3. The normalized spacial score (nSPS) is 18.3. The number of carbonyl (C=O) groups is 5. The lowest BCUT2D eigenvalue weighted by atomic mass is 9.76. The smallest absolute Gasteiger partial charge is 0.281 e. The number of aryl methyl sites for hydroxylation is 1. The van der Waals surface area contributed by atoms with Crippen LogP contribution in [0.3, 0.4) is 0 Å². The summed E-state index contributed by atoms with van der Waals surface area (Å²) in [5.41, 5.74) is -2.86. The van der Waals surface area contributed by atoms with E-state index in [1.807, 2.05) is 0 Å². The zero-order chi connectivity index (χ0) is 32.8. The van der Waals surface area contributed by atoms with Crippen LogP contribution in [0.4, 0.5) is 0 Å².